The van der Waals surface area contributed by atoms with Crippen LogP contribution in [0.2, 0.25) is 0 Å². The van der Waals surface area contributed by atoms with E-state index in [4.69, 9.17) is 9.47 Å². The number of hydrogen-bond donors (Lipinski definition) is 2. The zero-order chi connectivity index (χ0) is 20.8. The first-order valence-electron chi connectivity index (χ1n) is 8.86. The van der Waals surface area contributed by atoms with Crippen molar-refractivity contribution in [3.63, 3.8) is 0 Å². The number of carbonyl (C=O) groups is 1. The molecule has 6 nitrogen and oxygen atoms in total. The van der Waals surface area contributed by atoms with Gasteiger partial charge in [0.1, 0.15) is 17.3 Å². The van der Waals surface area contributed by atoms with Gasteiger partial charge in [-0.3, -0.25) is 0 Å². The lowest BCUT2D eigenvalue weighted by molar-refractivity contribution is 0.220. The molecule has 29 heavy (non-hydrogen) atoms. The molecule has 0 aliphatic carbocycles. The summed E-state index contributed by atoms with van der Waals surface area (Å²) in [5, 5.41) is 12.4. The zero-order valence-corrected chi connectivity index (χ0v) is 16.1. The highest BCUT2D eigenvalue weighted by Gasteiger charge is 2.11. The van der Waals surface area contributed by atoms with E-state index in [-0.39, 0.29) is 17.6 Å². The summed E-state index contributed by atoms with van der Waals surface area (Å²) in [6, 6.07) is 17.3. The fourth-order valence-electron chi connectivity index (χ4n) is 2.66. The standard InChI is InChI=1S/C22H21FN2O4/c1-25(14-15-6-11-20(26)21(12-15)28-2)22(27)24-17-7-9-18(10-8-17)29-19-5-3-4-16(23)13-19/h3-13,26H,14H2,1-2H3,(H,24,27). The van der Waals surface area contributed by atoms with E-state index in [1.807, 2.05) is 0 Å². The van der Waals surface area contributed by atoms with Crippen LogP contribution in [-0.4, -0.2) is 30.2 Å². The van der Waals surface area contributed by atoms with Gasteiger partial charge >= 0.3 is 6.03 Å². The van der Waals surface area contributed by atoms with Gasteiger partial charge in [-0.1, -0.05) is 12.1 Å². The van der Waals surface area contributed by atoms with Crippen LogP contribution in [0.1, 0.15) is 5.56 Å². The number of nitrogens with one attached hydrogen (secondary N) is 1. The highest BCUT2D eigenvalue weighted by molar-refractivity contribution is 5.89. The van der Waals surface area contributed by atoms with Gasteiger partial charge in [0.2, 0.25) is 0 Å². The number of anilines is 1. The van der Waals surface area contributed by atoms with E-state index in [1.165, 1.54) is 30.2 Å². The average Bonchev–Trinajstić information content (AvgIpc) is 2.71. The van der Waals surface area contributed by atoms with Crippen LogP contribution in [-0.2, 0) is 6.54 Å². The topological polar surface area (TPSA) is 71.0 Å². The lowest BCUT2D eigenvalue weighted by Crippen LogP contribution is -2.30. The molecule has 150 valence electrons. The lowest BCUT2D eigenvalue weighted by atomic mass is 10.2. The van der Waals surface area contributed by atoms with Gasteiger partial charge in [-0.05, 0) is 54.1 Å². The number of halogens is 1. The second kappa shape index (κ2) is 8.97. The molecule has 0 aliphatic heterocycles. The molecule has 0 radical (unpaired) electrons. The van der Waals surface area contributed by atoms with Crippen LogP contribution < -0.4 is 14.8 Å². The third-order valence-electron chi connectivity index (χ3n) is 4.15. The Labute approximate surface area is 168 Å². The molecular weight excluding hydrogens is 375 g/mol. The molecule has 2 amide bonds. The number of rotatable bonds is 6. The molecule has 0 aliphatic rings. The number of urea groups is 1. The molecule has 0 atom stereocenters. The molecule has 0 heterocycles. The number of ether oxygens (including phenoxy) is 2. The Kier molecular flexibility index (Phi) is 6.19. The van der Waals surface area contributed by atoms with Crippen LogP contribution in [0.25, 0.3) is 0 Å². The highest BCUT2D eigenvalue weighted by Crippen LogP contribution is 2.27. The Bertz CT molecular complexity index is 992. The second-order valence-corrected chi connectivity index (χ2v) is 6.38. The van der Waals surface area contributed by atoms with E-state index in [2.05, 4.69) is 5.32 Å². The zero-order valence-electron chi connectivity index (χ0n) is 16.1. The number of phenols is 1. The maximum absolute atomic E-state index is 13.2. The third-order valence-corrected chi connectivity index (χ3v) is 4.15. The number of aromatic hydroxyl groups is 1. The summed E-state index contributed by atoms with van der Waals surface area (Å²) < 4.78 is 23.9. The summed E-state index contributed by atoms with van der Waals surface area (Å²) in [7, 11) is 3.13. The highest BCUT2D eigenvalue weighted by atomic mass is 19.1. The van der Waals surface area contributed by atoms with Crippen LogP contribution in [0.5, 0.6) is 23.0 Å². The molecule has 2 N–H and O–H groups in total. The summed E-state index contributed by atoms with van der Waals surface area (Å²) >= 11 is 0. The quantitative estimate of drug-likeness (QED) is 0.615. The average molecular weight is 396 g/mol. The van der Waals surface area contributed by atoms with Crippen molar-refractivity contribution in [2.45, 2.75) is 6.54 Å². The molecule has 7 heteroatoms. The summed E-state index contributed by atoms with van der Waals surface area (Å²) in [5.74, 6) is 0.943. The van der Waals surface area contributed by atoms with Crippen molar-refractivity contribution >= 4 is 11.7 Å². The van der Waals surface area contributed by atoms with Crippen molar-refractivity contribution in [1.82, 2.24) is 4.90 Å². The normalized spacial score (nSPS) is 10.3. The number of carbonyl (C=O) groups excluding carboxylic acids is 1. The smallest absolute Gasteiger partial charge is 0.321 e. The number of methoxy groups -OCH3 is 1. The molecule has 0 aromatic heterocycles. The molecule has 0 spiro atoms. The van der Waals surface area contributed by atoms with Gasteiger partial charge in [-0.15, -0.1) is 0 Å². The fraction of sp³-hybridized carbons (Fsp3) is 0.136. The maximum Gasteiger partial charge on any atom is 0.321 e. The van der Waals surface area contributed by atoms with Crippen LogP contribution in [0.15, 0.2) is 66.7 Å². The van der Waals surface area contributed by atoms with Crippen LogP contribution in [0, 0.1) is 5.82 Å². The van der Waals surface area contributed by atoms with Crippen LogP contribution in [0.4, 0.5) is 14.9 Å². The molecule has 3 aromatic rings. The minimum absolute atomic E-state index is 0.0453. The van der Waals surface area contributed by atoms with Crippen molar-refractivity contribution in [3.8, 4) is 23.0 Å². The van der Waals surface area contributed by atoms with Gasteiger partial charge in [-0.25, -0.2) is 9.18 Å². The molecule has 3 aromatic carbocycles. The summed E-state index contributed by atoms with van der Waals surface area (Å²) in [6.07, 6.45) is 0. The molecule has 0 saturated carbocycles. The van der Waals surface area contributed by atoms with Crippen molar-refractivity contribution in [2.24, 2.45) is 0 Å². The van der Waals surface area contributed by atoms with Gasteiger partial charge in [0.05, 0.1) is 7.11 Å². The van der Waals surface area contributed by atoms with Crippen molar-refractivity contribution in [3.05, 3.63) is 78.1 Å². The van der Waals surface area contributed by atoms with Gasteiger partial charge < -0.3 is 24.8 Å². The van der Waals surface area contributed by atoms with E-state index in [0.29, 0.717) is 29.5 Å². The van der Waals surface area contributed by atoms with Gasteiger partial charge in [0.15, 0.2) is 11.5 Å². The van der Waals surface area contributed by atoms with E-state index >= 15 is 0 Å². The van der Waals surface area contributed by atoms with Gasteiger partial charge in [-0.2, -0.15) is 0 Å². The van der Waals surface area contributed by atoms with Crippen LogP contribution in [0.3, 0.4) is 0 Å². The SMILES string of the molecule is COc1cc(CN(C)C(=O)Nc2ccc(Oc3cccc(F)c3)cc2)ccc1O. The molecule has 3 rings (SSSR count). The molecule has 0 unspecified atom stereocenters. The van der Waals surface area contributed by atoms with E-state index in [1.54, 1.807) is 55.6 Å². The maximum atomic E-state index is 13.2. The minimum Gasteiger partial charge on any atom is -0.504 e. The van der Waals surface area contributed by atoms with Gasteiger partial charge in [0.25, 0.3) is 0 Å². The van der Waals surface area contributed by atoms with Crippen molar-refractivity contribution in [2.75, 3.05) is 19.5 Å². The van der Waals surface area contributed by atoms with Crippen molar-refractivity contribution in [1.29, 1.82) is 0 Å². The van der Waals surface area contributed by atoms with Crippen molar-refractivity contribution < 1.29 is 23.8 Å². The second-order valence-electron chi connectivity index (χ2n) is 6.38. The Balaban J connectivity index is 1.58. The minimum atomic E-state index is -0.374. The monoisotopic (exact) mass is 396 g/mol. The van der Waals surface area contributed by atoms with Crippen LogP contribution >= 0.6 is 0 Å². The number of benzene rings is 3. The number of hydrogen-bond acceptors (Lipinski definition) is 4. The lowest BCUT2D eigenvalue weighted by Gasteiger charge is -2.19. The summed E-state index contributed by atoms with van der Waals surface area (Å²) in [4.78, 5) is 13.9. The Morgan fingerprint density at radius 3 is 2.52 bits per heavy atom. The van der Waals surface area contributed by atoms with E-state index in [9.17, 15) is 14.3 Å². The predicted molar refractivity (Wildman–Crippen MR) is 108 cm³/mol. The molecule has 0 fully saturated rings. The first-order valence-corrected chi connectivity index (χ1v) is 8.86. The Morgan fingerprint density at radius 2 is 1.83 bits per heavy atom. The van der Waals surface area contributed by atoms with Gasteiger partial charge in [0, 0.05) is 25.3 Å². The predicted octanol–water partition coefficient (Wildman–Crippen LogP) is 5.00. The first-order chi connectivity index (χ1) is 13.9. The third kappa shape index (κ3) is 5.38. The summed E-state index contributed by atoms with van der Waals surface area (Å²) in [6.45, 7) is 0.337. The molecule has 0 bridgehead atoms. The largest absolute Gasteiger partial charge is 0.504 e. The molecule has 0 saturated heterocycles. The Hall–Kier alpha value is -3.74. The van der Waals surface area contributed by atoms with E-state index < -0.39 is 0 Å². The van der Waals surface area contributed by atoms with E-state index in [0.717, 1.165) is 5.56 Å². The summed E-state index contributed by atoms with van der Waals surface area (Å²) in [5.41, 5.74) is 1.41. The number of phenolic OH excluding ortho intramolecular Hbond substituents is 1. The number of amides is 2. The fourth-order valence-corrected chi connectivity index (χ4v) is 2.66. The first kappa shape index (κ1) is 20.0. The number of nitrogens with zero attached hydrogens (tertiary/aromatic N) is 1. The molecular formula is C22H21FN2O4. The Morgan fingerprint density at radius 1 is 1.07 bits per heavy atom.